The fourth-order valence-corrected chi connectivity index (χ4v) is 3.96. The smallest absolute Gasteiger partial charge is 0.262 e. The highest BCUT2D eigenvalue weighted by Gasteiger charge is 2.17. The summed E-state index contributed by atoms with van der Waals surface area (Å²) in [6.07, 6.45) is 0.779. The van der Waals surface area contributed by atoms with Crippen LogP contribution in [0.25, 0.3) is 10.9 Å². The number of hydrogen-bond acceptors (Lipinski definition) is 4. The normalized spacial score (nSPS) is 13.2. The molecule has 1 N–H and O–H groups in total. The van der Waals surface area contributed by atoms with Crippen LogP contribution in [-0.2, 0) is 4.79 Å². The molecular weight excluding hydrogens is 389 g/mol. The summed E-state index contributed by atoms with van der Waals surface area (Å²) in [7, 11) is 0. The summed E-state index contributed by atoms with van der Waals surface area (Å²) < 4.78 is 14.7. The number of fused-ring (bicyclic) bond motifs is 1. The van der Waals surface area contributed by atoms with Crippen molar-refractivity contribution in [1.82, 2.24) is 14.9 Å². The molecule has 2 atom stereocenters. The van der Waals surface area contributed by atoms with Crippen molar-refractivity contribution in [3.63, 3.8) is 0 Å². The number of aromatic nitrogens is 2. The molecule has 5 nitrogen and oxygen atoms in total. The molecule has 29 heavy (non-hydrogen) atoms. The van der Waals surface area contributed by atoms with E-state index in [0.717, 1.165) is 12.0 Å². The second kappa shape index (κ2) is 9.22. The predicted molar refractivity (Wildman–Crippen MR) is 115 cm³/mol. The van der Waals surface area contributed by atoms with Crippen LogP contribution in [0.2, 0.25) is 0 Å². The molecule has 0 radical (unpaired) electrons. The van der Waals surface area contributed by atoms with Gasteiger partial charge in [-0.3, -0.25) is 14.2 Å². The lowest BCUT2D eigenvalue weighted by molar-refractivity contribution is -0.119. The van der Waals surface area contributed by atoms with E-state index >= 15 is 0 Å². The van der Waals surface area contributed by atoms with Gasteiger partial charge in [-0.15, -0.1) is 0 Å². The van der Waals surface area contributed by atoms with Gasteiger partial charge < -0.3 is 5.32 Å². The zero-order valence-corrected chi connectivity index (χ0v) is 17.5. The quantitative estimate of drug-likeness (QED) is 0.458. The highest BCUT2D eigenvalue weighted by Crippen LogP contribution is 2.22. The lowest BCUT2D eigenvalue weighted by atomic mass is 10.1. The van der Waals surface area contributed by atoms with Gasteiger partial charge in [0.2, 0.25) is 5.91 Å². The van der Waals surface area contributed by atoms with Crippen LogP contribution < -0.4 is 10.9 Å². The molecule has 7 heteroatoms. The minimum absolute atomic E-state index is 0.0247. The summed E-state index contributed by atoms with van der Waals surface area (Å²) in [5.74, 6) is -0.356. The number of nitrogens with one attached hydrogen (secondary N) is 1. The highest BCUT2D eigenvalue weighted by molar-refractivity contribution is 7.99. The molecule has 1 heterocycles. The Hall–Kier alpha value is -2.67. The van der Waals surface area contributed by atoms with Gasteiger partial charge in [0.15, 0.2) is 5.16 Å². The number of thioether (sulfide) groups is 1. The van der Waals surface area contributed by atoms with Crippen molar-refractivity contribution in [3.8, 4) is 0 Å². The Bertz CT molecular complexity index is 1070. The molecule has 2 unspecified atom stereocenters. The summed E-state index contributed by atoms with van der Waals surface area (Å²) >= 11 is 1.25. The number of rotatable bonds is 7. The molecule has 1 aromatic heterocycles. The maximum absolute atomic E-state index is 13.1. The maximum Gasteiger partial charge on any atom is 0.262 e. The molecule has 2 aromatic carbocycles. The molecule has 0 aliphatic rings. The summed E-state index contributed by atoms with van der Waals surface area (Å²) in [4.78, 5) is 30.0. The number of benzene rings is 2. The second-order valence-electron chi connectivity index (χ2n) is 6.97. The van der Waals surface area contributed by atoms with Crippen molar-refractivity contribution in [2.75, 3.05) is 5.75 Å². The van der Waals surface area contributed by atoms with Crippen LogP contribution in [0.15, 0.2) is 58.5 Å². The van der Waals surface area contributed by atoms with Gasteiger partial charge >= 0.3 is 0 Å². The van der Waals surface area contributed by atoms with Crippen molar-refractivity contribution in [2.45, 2.75) is 44.4 Å². The van der Waals surface area contributed by atoms with Gasteiger partial charge in [0.1, 0.15) is 5.82 Å². The van der Waals surface area contributed by atoms with Crippen LogP contribution in [0, 0.1) is 5.82 Å². The van der Waals surface area contributed by atoms with E-state index in [2.05, 4.69) is 10.3 Å². The van der Waals surface area contributed by atoms with E-state index in [4.69, 9.17) is 0 Å². The van der Waals surface area contributed by atoms with Crippen LogP contribution in [0.3, 0.4) is 0 Å². The first-order valence-corrected chi connectivity index (χ1v) is 10.6. The van der Waals surface area contributed by atoms with E-state index in [9.17, 15) is 14.0 Å². The van der Waals surface area contributed by atoms with Crippen LogP contribution in [0.1, 0.15) is 44.8 Å². The molecule has 0 saturated heterocycles. The topological polar surface area (TPSA) is 64.0 Å². The molecule has 152 valence electrons. The minimum atomic E-state index is -0.312. The van der Waals surface area contributed by atoms with Gasteiger partial charge in [-0.1, -0.05) is 43.0 Å². The summed E-state index contributed by atoms with van der Waals surface area (Å²) in [6.45, 7) is 5.83. The zero-order valence-electron chi connectivity index (χ0n) is 16.7. The number of para-hydroxylation sites is 1. The van der Waals surface area contributed by atoms with Gasteiger partial charge in [0.05, 0.1) is 22.7 Å². The third-order valence-corrected chi connectivity index (χ3v) is 5.84. The maximum atomic E-state index is 13.1. The number of carbonyl (C=O) groups excluding carboxylic acids is 1. The Balaban J connectivity index is 1.78. The lowest BCUT2D eigenvalue weighted by Gasteiger charge is -2.18. The summed E-state index contributed by atoms with van der Waals surface area (Å²) in [6, 6.07) is 13.0. The number of hydrogen-bond donors (Lipinski definition) is 1. The molecule has 0 saturated carbocycles. The van der Waals surface area contributed by atoms with Gasteiger partial charge in [-0.2, -0.15) is 0 Å². The van der Waals surface area contributed by atoms with Gasteiger partial charge in [0.25, 0.3) is 5.56 Å². The van der Waals surface area contributed by atoms with E-state index in [1.807, 2.05) is 32.9 Å². The second-order valence-corrected chi connectivity index (χ2v) is 7.92. The molecule has 0 spiro atoms. The van der Waals surface area contributed by atoms with E-state index in [1.165, 1.54) is 23.9 Å². The van der Waals surface area contributed by atoms with Crippen molar-refractivity contribution in [2.24, 2.45) is 0 Å². The fraction of sp³-hybridized carbons (Fsp3) is 0.318. The van der Waals surface area contributed by atoms with E-state index in [0.29, 0.717) is 16.1 Å². The minimum Gasteiger partial charge on any atom is -0.349 e. The average molecular weight is 414 g/mol. The van der Waals surface area contributed by atoms with Crippen LogP contribution in [0.5, 0.6) is 0 Å². The monoisotopic (exact) mass is 413 g/mol. The summed E-state index contributed by atoms with van der Waals surface area (Å²) in [5.41, 5.74) is 1.36. The van der Waals surface area contributed by atoms with Gasteiger partial charge in [0, 0.05) is 6.04 Å². The van der Waals surface area contributed by atoms with Crippen molar-refractivity contribution < 1.29 is 9.18 Å². The first-order chi connectivity index (χ1) is 13.9. The molecule has 3 rings (SSSR count). The highest BCUT2D eigenvalue weighted by atomic mass is 32.2. The largest absolute Gasteiger partial charge is 0.349 e. The van der Waals surface area contributed by atoms with Crippen molar-refractivity contribution in [3.05, 3.63) is 70.3 Å². The van der Waals surface area contributed by atoms with Crippen LogP contribution in [0.4, 0.5) is 4.39 Å². The average Bonchev–Trinajstić information content (AvgIpc) is 2.72. The number of halogens is 1. The molecule has 3 aromatic rings. The van der Waals surface area contributed by atoms with E-state index in [1.54, 1.807) is 28.8 Å². The zero-order chi connectivity index (χ0) is 21.0. The Morgan fingerprint density at radius 2 is 1.86 bits per heavy atom. The Morgan fingerprint density at radius 1 is 1.17 bits per heavy atom. The SMILES string of the molecule is CCC(C)n1c(SCC(=O)NC(C)c2ccc(F)cc2)nc2ccccc2c1=O. The molecule has 0 fully saturated rings. The third-order valence-electron chi connectivity index (χ3n) is 4.89. The van der Waals surface area contributed by atoms with E-state index in [-0.39, 0.29) is 35.1 Å². The molecular formula is C22H24FN3O2S. The van der Waals surface area contributed by atoms with Crippen molar-refractivity contribution in [1.29, 1.82) is 0 Å². The fourth-order valence-electron chi connectivity index (χ4n) is 3.05. The number of nitrogens with zero attached hydrogens (tertiary/aromatic N) is 2. The molecule has 1 amide bonds. The van der Waals surface area contributed by atoms with Gasteiger partial charge in [-0.05, 0) is 50.1 Å². The Labute approximate surface area is 173 Å². The summed E-state index contributed by atoms with van der Waals surface area (Å²) in [5, 5.41) is 4.01. The molecule has 0 aliphatic carbocycles. The first-order valence-electron chi connectivity index (χ1n) is 9.59. The molecule has 0 bridgehead atoms. The first kappa shape index (κ1) is 21.0. The van der Waals surface area contributed by atoms with Gasteiger partial charge in [-0.25, -0.2) is 9.37 Å². The molecule has 0 aliphatic heterocycles. The number of amides is 1. The van der Waals surface area contributed by atoms with E-state index < -0.39 is 0 Å². The standard InChI is InChI=1S/C22H24FN3O2S/c1-4-14(2)26-21(28)18-7-5-6-8-19(18)25-22(26)29-13-20(27)24-15(3)16-9-11-17(23)12-10-16/h5-12,14-15H,4,13H2,1-3H3,(H,24,27). The third kappa shape index (κ3) is 4.85. The predicted octanol–water partition coefficient (Wildman–Crippen LogP) is 4.48. The Morgan fingerprint density at radius 3 is 2.55 bits per heavy atom. The van der Waals surface area contributed by atoms with Crippen molar-refractivity contribution >= 4 is 28.6 Å². The Kier molecular flexibility index (Phi) is 6.69. The lowest BCUT2D eigenvalue weighted by Crippen LogP contribution is -2.29. The number of carbonyl (C=O) groups is 1. The van der Waals surface area contributed by atoms with Crippen LogP contribution >= 0.6 is 11.8 Å². The van der Waals surface area contributed by atoms with Crippen LogP contribution in [-0.4, -0.2) is 21.2 Å².